The van der Waals surface area contributed by atoms with Crippen LogP contribution in [-0.2, 0) is 9.53 Å². The lowest BCUT2D eigenvalue weighted by Crippen LogP contribution is -2.26. The molecule has 0 spiro atoms. The van der Waals surface area contributed by atoms with Crippen LogP contribution in [0, 0.1) is 12.8 Å². The summed E-state index contributed by atoms with van der Waals surface area (Å²) in [5.74, 6) is -1.02. The molecule has 5 rings (SSSR count). The largest absolute Gasteiger partial charge is 0.417 e. The lowest BCUT2D eigenvalue weighted by atomic mass is 9.97. The third-order valence-electron chi connectivity index (χ3n) is 5.42. The second-order valence-corrected chi connectivity index (χ2v) is 7.36. The number of carbonyl (C=O) groups excluding carboxylic acids is 1. The number of hydrogen-bond acceptors (Lipinski definition) is 5. The zero-order valence-electron chi connectivity index (χ0n) is 16.3. The Kier molecular flexibility index (Phi) is 4.48. The Labute approximate surface area is 171 Å². The number of benzene rings is 2. The summed E-state index contributed by atoms with van der Waals surface area (Å²) in [4.78, 5) is 27.0. The summed E-state index contributed by atoms with van der Waals surface area (Å²) in [5, 5.41) is 7.40. The Morgan fingerprint density at radius 3 is 2.97 bits per heavy atom. The van der Waals surface area contributed by atoms with E-state index in [1.54, 1.807) is 24.4 Å². The van der Waals surface area contributed by atoms with Crippen molar-refractivity contribution >= 4 is 22.7 Å². The standard InChI is InChI=1S/C22H20N4O4/c1-13-4-2-3-5-17(13)26-18(8-10-23-26)20-15(9-11-29-20)21(27)24-14-6-7-19-16(12-14)25-22(28)30-19/h2-8,10,12,15,20H,9,11H2,1H3,(H,24,27)(H,25,28)/t15-,20-/m0/s1. The molecule has 1 fully saturated rings. The van der Waals surface area contributed by atoms with Crippen LogP contribution in [-0.4, -0.2) is 27.3 Å². The van der Waals surface area contributed by atoms with E-state index in [-0.39, 0.29) is 11.8 Å². The molecule has 8 nitrogen and oxygen atoms in total. The highest BCUT2D eigenvalue weighted by molar-refractivity contribution is 5.94. The Bertz CT molecular complexity index is 1290. The van der Waals surface area contributed by atoms with Crippen LogP contribution >= 0.6 is 0 Å². The van der Waals surface area contributed by atoms with Crippen LogP contribution in [0.2, 0.25) is 0 Å². The van der Waals surface area contributed by atoms with Gasteiger partial charge in [-0.25, -0.2) is 9.48 Å². The highest BCUT2D eigenvalue weighted by Gasteiger charge is 2.37. The molecule has 1 amide bonds. The molecular weight excluding hydrogens is 384 g/mol. The fourth-order valence-electron chi connectivity index (χ4n) is 3.95. The van der Waals surface area contributed by atoms with E-state index < -0.39 is 11.9 Å². The number of para-hydroxylation sites is 1. The maximum Gasteiger partial charge on any atom is 0.417 e. The lowest BCUT2D eigenvalue weighted by molar-refractivity contribution is -0.121. The Hall–Kier alpha value is -3.65. The van der Waals surface area contributed by atoms with E-state index in [1.165, 1.54) is 0 Å². The average Bonchev–Trinajstić information content (AvgIpc) is 3.46. The highest BCUT2D eigenvalue weighted by atomic mass is 16.5. The SMILES string of the molecule is Cc1ccccc1-n1nccc1[C@H]1OCC[C@@H]1C(=O)Nc1ccc2oc(=O)[nH]c2c1. The summed E-state index contributed by atoms with van der Waals surface area (Å²) < 4.78 is 12.8. The maximum absolute atomic E-state index is 13.1. The third-order valence-corrected chi connectivity index (χ3v) is 5.42. The Morgan fingerprint density at radius 1 is 1.23 bits per heavy atom. The van der Waals surface area contributed by atoms with Crippen molar-refractivity contribution in [2.24, 2.45) is 5.92 Å². The van der Waals surface area contributed by atoms with Crippen LogP contribution in [0.15, 0.2) is 63.9 Å². The van der Waals surface area contributed by atoms with Gasteiger partial charge in [0.25, 0.3) is 0 Å². The fourth-order valence-corrected chi connectivity index (χ4v) is 3.95. The van der Waals surface area contributed by atoms with Gasteiger partial charge in [0.1, 0.15) is 6.10 Å². The molecule has 2 aromatic carbocycles. The van der Waals surface area contributed by atoms with Gasteiger partial charge in [0.05, 0.1) is 22.8 Å². The smallest absolute Gasteiger partial charge is 0.408 e. The van der Waals surface area contributed by atoms with E-state index in [0.29, 0.717) is 29.8 Å². The van der Waals surface area contributed by atoms with E-state index >= 15 is 0 Å². The Morgan fingerprint density at radius 2 is 2.10 bits per heavy atom. The second-order valence-electron chi connectivity index (χ2n) is 7.36. The minimum Gasteiger partial charge on any atom is -0.408 e. The van der Waals surface area contributed by atoms with Gasteiger partial charge in [0.15, 0.2) is 5.58 Å². The van der Waals surface area contributed by atoms with Gasteiger partial charge in [0, 0.05) is 18.5 Å². The van der Waals surface area contributed by atoms with Crippen LogP contribution < -0.4 is 11.1 Å². The minimum absolute atomic E-state index is 0.139. The van der Waals surface area contributed by atoms with Crippen molar-refractivity contribution in [1.82, 2.24) is 14.8 Å². The molecule has 1 aliphatic heterocycles. The fraction of sp³-hybridized carbons (Fsp3) is 0.227. The van der Waals surface area contributed by atoms with Crippen molar-refractivity contribution in [1.29, 1.82) is 0 Å². The van der Waals surface area contributed by atoms with Gasteiger partial charge in [-0.15, -0.1) is 0 Å². The molecular formula is C22H20N4O4. The third kappa shape index (κ3) is 3.21. The number of aromatic nitrogens is 3. The van der Waals surface area contributed by atoms with Gasteiger partial charge < -0.3 is 14.5 Å². The number of fused-ring (bicyclic) bond motifs is 1. The minimum atomic E-state index is -0.526. The molecule has 152 valence electrons. The first kappa shape index (κ1) is 18.4. The van der Waals surface area contributed by atoms with Crippen LogP contribution in [0.4, 0.5) is 5.69 Å². The monoisotopic (exact) mass is 404 g/mol. The average molecular weight is 404 g/mol. The van der Waals surface area contributed by atoms with Crippen LogP contribution in [0.25, 0.3) is 16.8 Å². The maximum atomic E-state index is 13.1. The molecule has 0 aliphatic carbocycles. The van der Waals surface area contributed by atoms with Crippen LogP contribution in [0.5, 0.6) is 0 Å². The van der Waals surface area contributed by atoms with Crippen molar-refractivity contribution in [2.45, 2.75) is 19.4 Å². The first-order valence-electron chi connectivity index (χ1n) is 9.75. The number of oxazole rings is 1. The molecule has 2 aromatic heterocycles. The van der Waals surface area contributed by atoms with E-state index in [2.05, 4.69) is 15.4 Å². The van der Waals surface area contributed by atoms with Gasteiger partial charge in [-0.3, -0.25) is 9.78 Å². The van der Waals surface area contributed by atoms with Crippen LogP contribution in [0.1, 0.15) is 23.8 Å². The number of amides is 1. The molecule has 1 aliphatic rings. The molecule has 4 aromatic rings. The lowest BCUT2D eigenvalue weighted by Gasteiger charge is -2.20. The van der Waals surface area contributed by atoms with E-state index in [0.717, 1.165) is 16.9 Å². The summed E-state index contributed by atoms with van der Waals surface area (Å²) in [6.45, 7) is 2.52. The van der Waals surface area contributed by atoms with Gasteiger partial charge in [-0.05, 0) is 49.2 Å². The number of aryl methyl sites for hydroxylation is 1. The molecule has 0 bridgehead atoms. The molecule has 2 N–H and O–H groups in total. The number of hydrogen-bond donors (Lipinski definition) is 2. The first-order chi connectivity index (χ1) is 14.6. The van der Waals surface area contributed by atoms with Gasteiger partial charge in [-0.1, -0.05) is 18.2 Å². The van der Waals surface area contributed by atoms with E-state index in [4.69, 9.17) is 9.15 Å². The quantitative estimate of drug-likeness (QED) is 0.543. The van der Waals surface area contributed by atoms with Crippen molar-refractivity contribution in [3.8, 4) is 5.69 Å². The molecule has 0 unspecified atom stereocenters. The zero-order chi connectivity index (χ0) is 20.7. The van der Waals surface area contributed by atoms with Crippen molar-refractivity contribution in [3.05, 3.63) is 76.5 Å². The molecule has 30 heavy (non-hydrogen) atoms. The number of H-pyrrole nitrogens is 1. The number of nitrogens with one attached hydrogen (secondary N) is 2. The van der Waals surface area contributed by atoms with Gasteiger partial charge >= 0.3 is 5.76 Å². The molecule has 0 radical (unpaired) electrons. The van der Waals surface area contributed by atoms with Gasteiger partial charge in [0.2, 0.25) is 5.91 Å². The molecule has 3 heterocycles. The number of rotatable bonds is 4. The number of anilines is 1. The predicted octanol–water partition coefficient (Wildman–Crippen LogP) is 3.33. The number of nitrogens with zero attached hydrogens (tertiary/aromatic N) is 2. The van der Waals surface area contributed by atoms with Crippen molar-refractivity contribution in [2.75, 3.05) is 11.9 Å². The number of carbonyl (C=O) groups is 1. The van der Waals surface area contributed by atoms with Crippen molar-refractivity contribution < 1.29 is 13.9 Å². The second kappa shape index (κ2) is 7.31. The predicted molar refractivity (Wildman–Crippen MR) is 111 cm³/mol. The van der Waals surface area contributed by atoms with E-state index in [9.17, 15) is 9.59 Å². The summed E-state index contributed by atoms with van der Waals surface area (Å²) in [7, 11) is 0. The van der Waals surface area contributed by atoms with Gasteiger partial charge in [-0.2, -0.15) is 5.10 Å². The van der Waals surface area contributed by atoms with E-state index in [1.807, 2.05) is 41.9 Å². The molecule has 1 saturated heterocycles. The number of ether oxygens (including phenoxy) is 1. The molecule has 8 heteroatoms. The first-order valence-corrected chi connectivity index (χ1v) is 9.75. The van der Waals surface area contributed by atoms with Crippen molar-refractivity contribution in [3.63, 3.8) is 0 Å². The number of aromatic amines is 1. The summed E-state index contributed by atoms with van der Waals surface area (Å²) >= 11 is 0. The highest BCUT2D eigenvalue weighted by Crippen LogP contribution is 2.36. The molecule has 0 saturated carbocycles. The summed E-state index contributed by atoms with van der Waals surface area (Å²) in [5.41, 5.74) is 4.46. The normalized spacial score (nSPS) is 18.7. The molecule has 2 atom stereocenters. The topological polar surface area (TPSA) is 102 Å². The van der Waals surface area contributed by atoms with Crippen LogP contribution in [0.3, 0.4) is 0 Å². The Balaban J connectivity index is 1.41. The summed E-state index contributed by atoms with van der Waals surface area (Å²) in [6, 6.07) is 14.9. The zero-order valence-corrected chi connectivity index (χ0v) is 16.3. The summed E-state index contributed by atoms with van der Waals surface area (Å²) in [6.07, 6.45) is 1.94.